The molecule has 0 spiro atoms. The van der Waals surface area contributed by atoms with Crippen molar-refractivity contribution in [3.8, 4) is 0 Å². The third-order valence-electron chi connectivity index (χ3n) is 11.8. The van der Waals surface area contributed by atoms with Crippen molar-refractivity contribution in [1.82, 2.24) is 0 Å². The van der Waals surface area contributed by atoms with Crippen molar-refractivity contribution in [2.24, 2.45) is 0 Å². The van der Waals surface area contributed by atoms with E-state index >= 15 is 0 Å². The summed E-state index contributed by atoms with van der Waals surface area (Å²) >= 11 is 2.65. The van der Waals surface area contributed by atoms with Crippen LogP contribution in [0.4, 0.5) is 0 Å². The largest absolute Gasteiger partial charge is 1.00 e. The molecule has 3 aromatic rings. The van der Waals surface area contributed by atoms with Gasteiger partial charge in [-0.1, -0.05) is 0 Å². The minimum atomic E-state index is -0.767. The van der Waals surface area contributed by atoms with Crippen molar-refractivity contribution in [3.63, 3.8) is 0 Å². The first-order valence-corrected chi connectivity index (χ1v) is 22.7. The maximum absolute atomic E-state index is 2.67. The minimum absolute atomic E-state index is 0. The van der Waals surface area contributed by atoms with Crippen LogP contribution in [-0.2, 0) is 44.1 Å². The number of hydrogen-bond acceptors (Lipinski definition) is 0. The summed E-state index contributed by atoms with van der Waals surface area (Å²) in [6.07, 6.45) is 12.9. The molecule has 0 saturated heterocycles. The van der Waals surface area contributed by atoms with E-state index in [1.807, 2.05) is 0 Å². The van der Waals surface area contributed by atoms with E-state index in [0.29, 0.717) is 5.54 Å². The van der Waals surface area contributed by atoms with Crippen LogP contribution < -0.4 is 42.4 Å². The van der Waals surface area contributed by atoms with E-state index in [9.17, 15) is 0 Å². The van der Waals surface area contributed by atoms with Gasteiger partial charge in [0, 0.05) is 0 Å². The predicted molar refractivity (Wildman–Crippen MR) is 226 cm³/mol. The molecule has 2 atom stereocenters. The first kappa shape index (κ1) is 51.0. The summed E-state index contributed by atoms with van der Waals surface area (Å²) in [5.41, 5.74) is 18.6. The summed E-state index contributed by atoms with van der Waals surface area (Å²) in [4.78, 5) is 0. The number of hydrogen-bond donors (Lipinski definition) is 0. The van der Waals surface area contributed by atoms with Gasteiger partial charge in [-0.25, -0.2) is 0 Å². The molecule has 3 aromatic carbocycles. The summed E-state index contributed by atoms with van der Waals surface area (Å²) in [6.45, 7) is 30.8. The van der Waals surface area contributed by atoms with Crippen LogP contribution in [0.5, 0.6) is 0 Å². The van der Waals surface area contributed by atoms with Crippen molar-refractivity contribution < 1.29 is 57.7 Å². The Labute approximate surface area is 365 Å². The van der Waals surface area contributed by atoms with E-state index in [1.165, 1.54) is 103 Å². The van der Waals surface area contributed by atoms with Gasteiger partial charge in [-0.15, -0.1) is 0 Å². The molecular formula is C49H71Cl3SiTi. The third kappa shape index (κ3) is 12.5. The Morgan fingerprint density at radius 3 is 1.46 bits per heavy atom. The van der Waals surface area contributed by atoms with E-state index in [-0.39, 0.29) is 51.8 Å². The maximum atomic E-state index is 2.67. The van der Waals surface area contributed by atoms with Crippen LogP contribution in [-0.4, -0.2) is 9.52 Å². The summed E-state index contributed by atoms with van der Waals surface area (Å²) in [5, 5.41) is 1.60. The van der Waals surface area contributed by atoms with Gasteiger partial charge in [0.25, 0.3) is 0 Å². The maximum Gasteiger partial charge on any atom is -1.00 e. The molecule has 2 unspecified atom stereocenters. The van der Waals surface area contributed by atoms with Gasteiger partial charge in [-0.05, 0) is 0 Å². The van der Waals surface area contributed by atoms with Crippen molar-refractivity contribution in [1.29, 1.82) is 0 Å². The SMILES string of the molecule is CCCCCCc1cc(CCCCCC)cc(C([SiH2]c2cc(C)cc(C)c2)[C]2([Ti+3])C(C)=C(C)C(C)=C2c2cc(C(C)(C)C)cc(C(C)(C)C)c2)c1.[Cl-].[Cl-].[Cl-]. The van der Waals surface area contributed by atoms with Crippen LogP contribution >= 0.6 is 0 Å². The van der Waals surface area contributed by atoms with Crippen LogP contribution in [0.2, 0.25) is 3.72 Å². The van der Waals surface area contributed by atoms with Crippen LogP contribution in [0.15, 0.2) is 71.3 Å². The Kier molecular flexibility index (Phi) is 20.4. The number of allylic oxidation sites excluding steroid dienone is 4. The molecule has 1 aliphatic carbocycles. The number of halogens is 3. The third-order valence-corrected chi connectivity index (χ3v) is 16.3. The molecule has 0 radical (unpaired) electrons. The summed E-state index contributed by atoms with van der Waals surface area (Å²) < 4.78 is -0.0932. The number of rotatable bonds is 15. The first-order valence-electron chi connectivity index (χ1n) is 20.4. The molecule has 0 bridgehead atoms. The van der Waals surface area contributed by atoms with Crippen molar-refractivity contribution in [2.45, 2.75) is 174 Å². The molecule has 0 amide bonds. The Balaban J connectivity index is 0.00000486. The fourth-order valence-electron chi connectivity index (χ4n) is 8.50. The summed E-state index contributed by atoms with van der Waals surface area (Å²) in [6, 6.07) is 23.0. The summed E-state index contributed by atoms with van der Waals surface area (Å²) in [7, 11) is -0.767. The van der Waals surface area contributed by atoms with Crippen LogP contribution in [0, 0.1) is 13.8 Å². The summed E-state index contributed by atoms with van der Waals surface area (Å²) in [5.74, 6) is 0. The zero-order valence-corrected chi connectivity index (χ0v) is 41.4. The smallest absolute Gasteiger partial charge is 1.00 e. The van der Waals surface area contributed by atoms with Gasteiger partial charge in [0.05, 0.1) is 0 Å². The second kappa shape index (κ2) is 21.6. The van der Waals surface area contributed by atoms with Gasteiger partial charge in [0.15, 0.2) is 0 Å². The van der Waals surface area contributed by atoms with Crippen LogP contribution in [0.1, 0.15) is 178 Å². The van der Waals surface area contributed by atoms with Crippen molar-refractivity contribution >= 4 is 20.3 Å². The standard InChI is InChI=1S/C49H71Si.3ClH.Ti/c1-14-16-18-20-22-38-27-39(23-21-19-17-15-2)29-41(28-38)47(50-44-25-33(3)24-34(4)26-44)46-37(7)35(5)36(6)45(46)40-30-42(48(8,9)10)32-43(31-40)49(11,12)13;;;;/h24-32,47H,14-23,50H2,1-13H3;3*1H;/q;;;;+3/p-3. The fourth-order valence-corrected chi connectivity index (χ4v) is 12.7. The van der Waals surface area contributed by atoms with E-state index < -0.39 is 9.52 Å². The first-order chi connectivity index (χ1) is 23.9. The van der Waals surface area contributed by atoms with Gasteiger partial charge >= 0.3 is 331 Å². The minimum Gasteiger partial charge on any atom is -1.00 e. The predicted octanol–water partition coefficient (Wildman–Crippen LogP) is 4.22. The average molecular weight is 842 g/mol. The van der Waals surface area contributed by atoms with Gasteiger partial charge in [0.2, 0.25) is 0 Å². The molecule has 0 aromatic heterocycles. The van der Waals surface area contributed by atoms with E-state index in [1.54, 1.807) is 33.0 Å². The molecule has 0 saturated carbocycles. The topological polar surface area (TPSA) is 0 Å². The molecule has 54 heavy (non-hydrogen) atoms. The normalized spacial score (nSPS) is 16.8. The quantitative estimate of drug-likeness (QED) is 0.159. The molecular weight excluding hydrogens is 771 g/mol. The molecule has 4 rings (SSSR count). The van der Waals surface area contributed by atoms with Crippen molar-refractivity contribution in [2.75, 3.05) is 0 Å². The Morgan fingerprint density at radius 1 is 0.574 bits per heavy atom. The molecule has 0 N–H and O–H groups in total. The van der Waals surface area contributed by atoms with E-state index in [2.05, 4.69) is 165 Å². The molecule has 1 aliphatic rings. The molecule has 0 fully saturated rings. The Hall–Kier alpha value is -1.06. The molecule has 296 valence electrons. The van der Waals surface area contributed by atoms with E-state index in [0.717, 1.165) is 0 Å². The molecule has 0 aliphatic heterocycles. The van der Waals surface area contributed by atoms with Gasteiger partial charge in [-0.2, -0.15) is 0 Å². The second-order valence-corrected chi connectivity index (χ2v) is 21.6. The average Bonchev–Trinajstić information content (AvgIpc) is 3.22. The number of aryl methyl sites for hydroxylation is 4. The number of unbranched alkanes of at least 4 members (excludes halogenated alkanes) is 6. The van der Waals surface area contributed by atoms with Gasteiger partial charge < -0.3 is 37.2 Å². The van der Waals surface area contributed by atoms with E-state index in [4.69, 9.17) is 0 Å². The van der Waals surface area contributed by atoms with Gasteiger partial charge in [-0.3, -0.25) is 0 Å². The van der Waals surface area contributed by atoms with Crippen molar-refractivity contribution in [3.05, 3.63) is 116 Å². The molecule has 0 heterocycles. The zero-order chi connectivity index (χ0) is 37.7. The fraction of sp³-hybridized carbons (Fsp3) is 0.551. The Morgan fingerprint density at radius 2 is 1.04 bits per heavy atom. The number of benzene rings is 3. The van der Waals surface area contributed by atoms with Gasteiger partial charge in [0.1, 0.15) is 0 Å². The second-order valence-electron chi connectivity index (χ2n) is 18.3. The molecule has 0 nitrogen and oxygen atoms in total. The monoisotopic (exact) mass is 840 g/mol. The zero-order valence-electron chi connectivity index (χ0n) is 36.2. The van der Waals surface area contributed by atoms with Crippen LogP contribution in [0.25, 0.3) is 5.57 Å². The molecule has 5 heteroatoms. The van der Waals surface area contributed by atoms with Crippen LogP contribution in [0.3, 0.4) is 0 Å². The Bertz CT molecular complexity index is 1660.